The van der Waals surface area contributed by atoms with E-state index in [1.165, 1.54) is 12.4 Å². The Morgan fingerprint density at radius 3 is 2.87 bits per heavy atom. The highest BCUT2D eigenvalue weighted by atomic mass is 19.4. The van der Waals surface area contributed by atoms with Crippen molar-refractivity contribution in [2.75, 3.05) is 5.32 Å². The van der Waals surface area contributed by atoms with E-state index < -0.39 is 18.5 Å². The number of aromatic nitrogens is 5. The summed E-state index contributed by atoms with van der Waals surface area (Å²) in [5.41, 5.74) is 0.155. The van der Waals surface area contributed by atoms with Crippen LogP contribution < -0.4 is 5.32 Å². The van der Waals surface area contributed by atoms with Gasteiger partial charge < -0.3 is 0 Å². The smallest absolute Gasteiger partial charge is 0.289 e. The lowest BCUT2D eigenvalue weighted by atomic mass is 9.85. The fraction of sp³-hybridized carbons (Fsp3) is 0.538. The molecule has 1 aliphatic carbocycles. The molecule has 0 bridgehead atoms. The van der Waals surface area contributed by atoms with Gasteiger partial charge in [-0.1, -0.05) is 6.42 Å². The second kappa shape index (κ2) is 6.01. The van der Waals surface area contributed by atoms with Crippen molar-refractivity contribution in [1.29, 1.82) is 0 Å². The minimum absolute atomic E-state index is 0.153. The van der Waals surface area contributed by atoms with Crippen LogP contribution in [0.2, 0.25) is 0 Å². The van der Waals surface area contributed by atoms with Gasteiger partial charge in [0, 0.05) is 18.7 Å². The van der Waals surface area contributed by atoms with E-state index in [9.17, 15) is 18.0 Å². The van der Waals surface area contributed by atoms with Crippen LogP contribution >= 0.6 is 0 Å². The summed E-state index contributed by atoms with van der Waals surface area (Å²) in [5, 5.41) is 12.9. The number of nitrogens with zero attached hydrogens (tertiary/aromatic N) is 4. The Morgan fingerprint density at radius 2 is 2.22 bits per heavy atom. The van der Waals surface area contributed by atoms with Gasteiger partial charge in [0.15, 0.2) is 0 Å². The highest BCUT2D eigenvalue weighted by Gasteiger charge is 2.27. The van der Waals surface area contributed by atoms with E-state index in [0.29, 0.717) is 5.92 Å². The SMILES string of the molecule is O=C(Nc1n[nH]c(C2CCC2)n1)c1cnn(CCC(F)(F)F)c1. The molecule has 2 aromatic heterocycles. The molecule has 1 aliphatic rings. The van der Waals surface area contributed by atoms with E-state index in [1.807, 2.05) is 0 Å². The Morgan fingerprint density at radius 1 is 1.43 bits per heavy atom. The maximum absolute atomic E-state index is 12.2. The quantitative estimate of drug-likeness (QED) is 0.882. The number of hydrogen-bond acceptors (Lipinski definition) is 4. The van der Waals surface area contributed by atoms with E-state index in [-0.39, 0.29) is 18.1 Å². The first kappa shape index (κ1) is 15.5. The monoisotopic (exact) mass is 328 g/mol. The Balaban J connectivity index is 1.57. The van der Waals surface area contributed by atoms with E-state index in [0.717, 1.165) is 29.8 Å². The van der Waals surface area contributed by atoms with Crippen LogP contribution in [0.3, 0.4) is 0 Å². The predicted octanol–water partition coefficient (Wildman–Crippen LogP) is 2.47. The summed E-state index contributed by atoms with van der Waals surface area (Å²) in [5.74, 6) is 0.744. The average Bonchev–Trinajstić information content (AvgIpc) is 3.03. The minimum Gasteiger partial charge on any atom is -0.289 e. The number of H-pyrrole nitrogens is 1. The molecule has 0 saturated heterocycles. The van der Waals surface area contributed by atoms with E-state index in [4.69, 9.17) is 0 Å². The number of carbonyl (C=O) groups excluding carboxylic acids is 1. The summed E-state index contributed by atoms with van der Waals surface area (Å²) in [4.78, 5) is 16.2. The number of nitrogens with one attached hydrogen (secondary N) is 2. The van der Waals surface area contributed by atoms with Crippen molar-refractivity contribution in [3.8, 4) is 0 Å². The fourth-order valence-corrected chi connectivity index (χ4v) is 2.21. The molecule has 3 rings (SSSR count). The zero-order chi connectivity index (χ0) is 16.4. The molecule has 124 valence electrons. The molecule has 1 amide bonds. The molecule has 0 atom stereocenters. The Labute approximate surface area is 129 Å². The number of hydrogen-bond donors (Lipinski definition) is 2. The van der Waals surface area contributed by atoms with Gasteiger partial charge in [0.2, 0.25) is 5.95 Å². The van der Waals surface area contributed by atoms with Gasteiger partial charge in [0.05, 0.1) is 18.2 Å². The molecule has 0 radical (unpaired) electrons. The maximum atomic E-state index is 12.2. The van der Waals surface area contributed by atoms with Gasteiger partial charge in [-0.25, -0.2) is 0 Å². The van der Waals surface area contributed by atoms with Crippen molar-refractivity contribution in [1.82, 2.24) is 25.0 Å². The molecular formula is C13H15F3N6O. The lowest BCUT2D eigenvalue weighted by molar-refractivity contribution is -0.137. The summed E-state index contributed by atoms with van der Waals surface area (Å²) >= 11 is 0. The lowest BCUT2D eigenvalue weighted by Gasteiger charge is -2.22. The number of alkyl halides is 3. The molecule has 2 aromatic rings. The molecule has 0 unspecified atom stereocenters. The van der Waals surface area contributed by atoms with Crippen molar-refractivity contribution in [3.63, 3.8) is 0 Å². The first-order valence-electron chi connectivity index (χ1n) is 7.23. The summed E-state index contributed by atoms with van der Waals surface area (Å²) in [6.45, 7) is -0.330. The van der Waals surface area contributed by atoms with Gasteiger partial charge in [-0.3, -0.25) is 19.9 Å². The normalized spacial score (nSPS) is 15.4. The Bertz CT molecular complexity index is 688. The predicted molar refractivity (Wildman–Crippen MR) is 73.8 cm³/mol. The molecule has 0 aliphatic heterocycles. The standard InChI is InChI=1S/C13H15F3N6O/c14-13(15,16)4-5-22-7-9(6-17-22)11(23)19-12-18-10(20-21-12)8-2-1-3-8/h6-8H,1-5H2,(H2,18,19,20,21,23). The van der Waals surface area contributed by atoms with Crippen molar-refractivity contribution < 1.29 is 18.0 Å². The molecule has 7 nitrogen and oxygen atoms in total. The lowest BCUT2D eigenvalue weighted by Crippen LogP contribution is -2.14. The van der Waals surface area contributed by atoms with Crippen molar-refractivity contribution in [2.24, 2.45) is 0 Å². The number of anilines is 1. The van der Waals surface area contributed by atoms with Crippen LogP contribution in [-0.2, 0) is 6.54 Å². The number of aryl methyl sites for hydroxylation is 1. The molecule has 1 fully saturated rings. The van der Waals surface area contributed by atoms with Crippen LogP contribution in [0.5, 0.6) is 0 Å². The molecule has 2 N–H and O–H groups in total. The van der Waals surface area contributed by atoms with Crippen LogP contribution in [0.15, 0.2) is 12.4 Å². The van der Waals surface area contributed by atoms with Gasteiger partial charge in [-0.05, 0) is 12.8 Å². The zero-order valence-electron chi connectivity index (χ0n) is 12.1. The highest BCUT2D eigenvalue weighted by Crippen LogP contribution is 2.34. The molecule has 23 heavy (non-hydrogen) atoms. The second-order valence-corrected chi connectivity index (χ2v) is 5.48. The van der Waals surface area contributed by atoms with Crippen LogP contribution in [-0.4, -0.2) is 37.0 Å². The minimum atomic E-state index is -4.26. The first-order valence-corrected chi connectivity index (χ1v) is 7.23. The van der Waals surface area contributed by atoms with E-state index in [2.05, 4.69) is 25.6 Å². The third-order valence-corrected chi connectivity index (χ3v) is 3.74. The topological polar surface area (TPSA) is 88.5 Å². The molecule has 1 saturated carbocycles. The number of rotatable bonds is 5. The van der Waals surface area contributed by atoms with Crippen LogP contribution in [0, 0.1) is 0 Å². The van der Waals surface area contributed by atoms with Crippen molar-refractivity contribution in [2.45, 2.75) is 44.3 Å². The molecule has 0 spiro atoms. The maximum Gasteiger partial charge on any atom is 0.390 e. The highest BCUT2D eigenvalue weighted by molar-refractivity contribution is 6.02. The number of aromatic amines is 1. The summed E-state index contributed by atoms with van der Waals surface area (Å²) in [7, 11) is 0. The van der Waals surface area contributed by atoms with E-state index in [1.54, 1.807) is 0 Å². The molecule has 0 aromatic carbocycles. The van der Waals surface area contributed by atoms with Crippen LogP contribution in [0.25, 0.3) is 0 Å². The second-order valence-electron chi connectivity index (χ2n) is 5.48. The first-order chi connectivity index (χ1) is 10.9. The number of halogens is 3. The van der Waals surface area contributed by atoms with Gasteiger partial charge in [-0.2, -0.15) is 23.3 Å². The number of carbonyl (C=O) groups is 1. The fourth-order valence-electron chi connectivity index (χ4n) is 2.21. The van der Waals surface area contributed by atoms with Crippen molar-refractivity contribution >= 4 is 11.9 Å². The average molecular weight is 328 g/mol. The van der Waals surface area contributed by atoms with Gasteiger partial charge >= 0.3 is 6.18 Å². The van der Waals surface area contributed by atoms with Crippen LogP contribution in [0.4, 0.5) is 19.1 Å². The van der Waals surface area contributed by atoms with Crippen molar-refractivity contribution in [3.05, 3.63) is 23.8 Å². The summed E-state index contributed by atoms with van der Waals surface area (Å²) in [6.07, 6.45) is 0.478. The van der Waals surface area contributed by atoms with E-state index >= 15 is 0 Å². The third-order valence-electron chi connectivity index (χ3n) is 3.74. The Kier molecular flexibility index (Phi) is 4.05. The summed E-state index contributed by atoms with van der Waals surface area (Å²) in [6, 6.07) is 0. The summed E-state index contributed by atoms with van der Waals surface area (Å²) < 4.78 is 37.5. The molecule has 2 heterocycles. The third kappa shape index (κ3) is 3.88. The van der Waals surface area contributed by atoms with Gasteiger partial charge in [0.25, 0.3) is 5.91 Å². The van der Waals surface area contributed by atoms with Gasteiger partial charge in [-0.15, -0.1) is 5.10 Å². The largest absolute Gasteiger partial charge is 0.390 e. The molecular weight excluding hydrogens is 313 g/mol. The van der Waals surface area contributed by atoms with Gasteiger partial charge in [0.1, 0.15) is 5.82 Å². The van der Waals surface area contributed by atoms with Crippen LogP contribution in [0.1, 0.15) is 47.8 Å². The number of amides is 1. The Hall–Kier alpha value is -2.39. The zero-order valence-corrected chi connectivity index (χ0v) is 12.1. The molecule has 10 heteroatoms.